The summed E-state index contributed by atoms with van der Waals surface area (Å²) in [6.07, 6.45) is 10.6. The van der Waals surface area contributed by atoms with E-state index in [0.29, 0.717) is 26.1 Å². The average Bonchev–Trinajstić information content (AvgIpc) is 3.05. The molecule has 0 unspecified atom stereocenters. The molecule has 2 heterocycles. The standard InChI is InChI=1S/C36H52N2O4/c1-3-25-41-33-17-13-29(14-18-33)35(39)31(27-37-21-7-5-8-22-37)11-12-32(28-38-23-9-6-10-24-38)36(40)30-15-19-34(20-16-30)42-26-4-2/h13-20,31-32H,3-12,21-28H2,1-2H3/t31-,32+. The molecule has 0 bridgehead atoms. The second-order valence-corrected chi connectivity index (χ2v) is 12.2. The van der Waals surface area contributed by atoms with Crippen LogP contribution in [0.3, 0.4) is 0 Å². The first-order chi connectivity index (χ1) is 20.6. The lowest BCUT2D eigenvalue weighted by molar-refractivity contribution is 0.0793. The Bertz CT molecular complexity index is 985. The fourth-order valence-corrected chi connectivity index (χ4v) is 6.26. The number of rotatable bonds is 17. The molecule has 0 amide bonds. The summed E-state index contributed by atoms with van der Waals surface area (Å²) in [7, 11) is 0. The molecular weight excluding hydrogens is 524 g/mol. The molecule has 230 valence electrons. The number of nitrogens with zero attached hydrogens (tertiary/aromatic N) is 2. The van der Waals surface area contributed by atoms with Gasteiger partial charge < -0.3 is 19.3 Å². The largest absolute Gasteiger partial charge is 0.494 e. The smallest absolute Gasteiger partial charge is 0.167 e. The van der Waals surface area contributed by atoms with Gasteiger partial charge >= 0.3 is 0 Å². The van der Waals surface area contributed by atoms with E-state index in [9.17, 15) is 9.59 Å². The van der Waals surface area contributed by atoms with Crippen molar-refractivity contribution >= 4 is 11.6 Å². The van der Waals surface area contributed by atoms with Gasteiger partial charge in [-0.2, -0.15) is 0 Å². The van der Waals surface area contributed by atoms with Gasteiger partial charge in [0.2, 0.25) is 0 Å². The Morgan fingerprint density at radius 2 is 0.952 bits per heavy atom. The number of carbonyl (C=O) groups excluding carboxylic acids is 2. The summed E-state index contributed by atoms with van der Waals surface area (Å²) in [5.74, 6) is 1.71. The molecule has 0 spiro atoms. The van der Waals surface area contributed by atoms with E-state index in [1.54, 1.807) is 0 Å². The normalized spacial score (nSPS) is 17.9. The molecule has 0 aliphatic carbocycles. The van der Waals surface area contributed by atoms with Gasteiger partial charge in [0.05, 0.1) is 13.2 Å². The number of benzene rings is 2. The second-order valence-electron chi connectivity index (χ2n) is 12.2. The molecule has 0 saturated carbocycles. The van der Waals surface area contributed by atoms with Gasteiger partial charge in [-0.25, -0.2) is 0 Å². The second kappa shape index (κ2) is 17.4. The highest BCUT2D eigenvalue weighted by atomic mass is 16.5. The van der Waals surface area contributed by atoms with Gasteiger partial charge in [0, 0.05) is 36.1 Å². The minimum Gasteiger partial charge on any atom is -0.494 e. The predicted molar refractivity (Wildman–Crippen MR) is 170 cm³/mol. The lowest BCUT2D eigenvalue weighted by Crippen LogP contribution is -2.39. The van der Waals surface area contributed by atoms with Gasteiger partial charge in [0.25, 0.3) is 0 Å². The number of hydrogen-bond acceptors (Lipinski definition) is 6. The van der Waals surface area contributed by atoms with E-state index < -0.39 is 0 Å². The summed E-state index contributed by atoms with van der Waals surface area (Å²) >= 11 is 0. The van der Waals surface area contributed by atoms with Gasteiger partial charge in [0.1, 0.15) is 11.5 Å². The van der Waals surface area contributed by atoms with Crippen LogP contribution in [0.4, 0.5) is 0 Å². The predicted octanol–water partition coefficient (Wildman–Crippen LogP) is 7.31. The van der Waals surface area contributed by atoms with E-state index >= 15 is 0 Å². The Balaban J connectivity index is 1.49. The van der Waals surface area contributed by atoms with Crippen LogP contribution >= 0.6 is 0 Å². The van der Waals surface area contributed by atoms with Gasteiger partial charge in [-0.15, -0.1) is 0 Å². The van der Waals surface area contributed by atoms with Crippen LogP contribution in [0.25, 0.3) is 0 Å². The number of ketones is 2. The first-order valence-corrected chi connectivity index (χ1v) is 16.6. The zero-order valence-electron chi connectivity index (χ0n) is 26.0. The summed E-state index contributed by atoms with van der Waals surface area (Å²) in [4.78, 5) is 32.8. The molecule has 6 nitrogen and oxygen atoms in total. The molecule has 0 aromatic heterocycles. The number of piperidine rings is 2. The third kappa shape index (κ3) is 9.95. The highest BCUT2D eigenvalue weighted by Gasteiger charge is 2.29. The number of ether oxygens (including phenoxy) is 2. The van der Waals surface area contributed by atoms with Crippen LogP contribution in [-0.4, -0.2) is 73.8 Å². The van der Waals surface area contributed by atoms with Crippen LogP contribution < -0.4 is 9.47 Å². The summed E-state index contributed by atoms with van der Waals surface area (Å²) in [6.45, 7) is 11.3. The van der Waals surface area contributed by atoms with Crippen molar-refractivity contribution < 1.29 is 19.1 Å². The molecule has 2 atom stereocenters. The maximum Gasteiger partial charge on any atom is 0.167 e. The fourth-order valence-electron chi connectivity index (χ4n) is 6.26. The molecule has 2 aromatic rings. The molecule has 2 aliphatic rings. The van der Waals surface area contributed by atoms with Crippen molar-refractivity contribution in [3.05, 3.63) is 59.7 Å². The number of likely N-dealkylation sites (tertiary alicyclic amines) is 2. The van der Waals surface area contributed by atoms with E-state index in [2.05, 4.69) is 23.6 Å². The fraction of sp³-hybridized carbons (Fsp3) is 0.611. The van der Waals surface area contributed by atoms with E-state index in [-0.39, 0.29) is 23.4 Å². The van der Waals surface area contributed by atoms with Crippen LogP contribution in [0.1, 0.15) is 98.8 Å². The maximum atomic E-state index is 13.9. The SMILES string of the molecule is CCCOc1ccc(C(=O)[C@H](CC[C@@H](CN2CCCCC2)C(=O)c2ccc(OCCC)cc2)CN2CCCCC2)cc1. The molecule has 0 radical (unpaired) electrons. The van der Waals surface area contributed by atoms with Gasteiger partial charge in [-0.05, 0) is 126 Å². The lowest BCUT2D eigenvalue weighted by atomic mass is 9.85. The van der Waals surface area contributed by atoms with E-state index in [0.717, 1.165) is 74.7 Å². The zero-order valence-corrected chi connectivity index (χ0v) is 26.0. The highest BCUT2D eigenvalue weighted by Crippen LogP contribution is 2.26. The average molecular weight is 577 g/mol. The number of Topliss-reactive ketones (excluding diaryl/α,β-unsaturated/α-hetero) is 2. The van der Waals surface area contributed by atoms with Crippen molar-refractivity contribution in [3.8, 4) is 11.5 Å². The molecule has 2 aromatic carbocycles. The Hall–Kier alpha value is -2.70. The monoisotopic (exact) mass is 576 g/mol. The number of hydrogen-bond donors (Lipinski definition) is 0. The van der Waals surface area contributed by atoms with Crippen molar-refractivity contribution in [2.45, 2.75) is 78.1 Å². The summed E-state index contributed by atoms with van der Waals surface area (Å²) in [6, 6.07) is 15.3. The van der Waals surface area contributed by atoms with Crippen molar-refractivity contribution in [2.24, 2.45) is 11.8 Å². The third-order valence-electron chi connectivity index (χ3n) is 8.68. The molecule has 4 rings (SSSR count). The Kier molecular flexibility index (Phi) is 13.4. The number of carbonyl (C=O) groups is 2. The molecule has 6 heteroatoms. The van der Waals surface area contributed by atoms with Crippen molar-refractivity contribution in [3.63, 3.8) is 0 Å². The molecule has 2 fully saturated rings. The Labute approximate surface area is 253 Å². The Morgan fingerprint density at radius 1 is 0.595 bits per heavy atom. The van der Waals surface area contributed by atoms with Crippen LogP contribution in [0.15, 0.2) is 48.5 Å². The van der Waals surface area contributed by atoms with Gasteiger partial charge in [-0.3, -0.25) is 9.59 Å². The molecule has 42 heavy (non-hydrogen) atoms. The molecular formula is C36H52N2O4. The van der Waals surface area contributed by atoms with E-state index in [4.69, 9.17) is 9.47 Å². The summed E-state index contributed by atoms with van der Waals surface area (Å²) in [5, 5.41) is 0. The van der Waals surface area contributed by atoms with E-state index in [1.165, 1.54) is 38.5 Å². The zero-order chi connectivity index (χ0) is 29.6. The quantitative estimate of drug-likeness (QED) is 0.184. The molecule has 2 aliphatic heterocycles. The summed E-state index contributed by atoms with van der Waals surface area (Å²) < 4.78 is 11.5. The first kappa shape index (κ1) is 32.2. The molecule has 2 saturated heterocycles. The first-order valence-electron chi connectivity index (χ1n) is 16.6. The van der Waals surface area contributed by atoms with E-state index in [1.807, 2.05) is 48.5 Å². The summed E-state index contributed by atoms with van der Waals surface area (Å²) in [5.41, 5.74) is 1.48. The highest BCUT2D eigenvalue weighted by molar-refractivity contribution is 5.99. The van der Waals surface area contributed by atoms with Crippen LogP contribution in [0.5, 0.6) is 11.5 Å². The van der Waals surface area contributed by atoms with Gasteiger partial charge in [-0.1, -0.05) is 26.7 Å². The molecule has 0 N–H and O–H groups in total. The van der Waals surface area contributed by atoms with Crippen molar-refractivity contribution in [1.82, 2.24) is 9.80 Å². The van der Waals surface area contributed by atoms with Crippen molar-refractivity contribution in [2.75, 3.05) is 52.5 Å². The van der Waals surface area contributed by atoms with Crippen LogP contribution in [0, 0.1) is 11.8 Å². The lowest BCUT2D eigenvalue weighted by Gasteiger charge is -2.32. The minimum absolute atomic E-state index is 0.132. The maximum absolute atomic E-state index is 13.9. The van der Waals surface area contributed by atoms with Crippen molar-refractivity contribution in [1.29, 1.82) is 0 Å². The van der Waals surface area contributed by atoms with Crippen LogP contribution in [0.2, 0.25) is 0 Å². The van der Waals surface area contributed by atoms with Gasteiger partial charge in [0.15, 0.2) is 11.6 Å². The minimum atomic E-state index is -0.132. The topological polar surface area (TPSA) is 59.1 Å². The third-order valence-corrected chi connectivity index (χ3v) is 8.68. The Morgan fingerprint density at radius 3 is 1.29 bits per heavy atom. The van der Waals surface area contributed by atoms with Crippen LogP contribution in [-0.2, 0) is 0 Å².